The summed E-state index contributed by atoms with van der Waals surface area (Å²) in [6, 6.07) is 2.12. The van der Waals surface area contributed by atoms with Crippen molar-refractivity contribution in [2.45, 2.75) is 18.9 Å². The molecule has 0 spiro atoms. The zero-order chi connectivity index (χ0) is 10.3. The third kappa shape index (κ3) is 1.82. The molecule has 0 aromatic heterocycles. The van der Waals surface area contributed by atoms with E-state index in [-0.39, 0.29) is 24.0 Å². The van der Waals surface area contributed by atoms with Gasteiger partial charge in [-0.25, -0.2) is 9.18 Å². The molecule has 0 radical (unpaired) electrons. The molecule has 1 atom stereocenters. The van der Waals surface area contributed by atoms with Gasteiger partial charge in [0.2, 0.25) is 0 Å². The van der Waals surface area contributed by atoms with Crippen LogP contribution in [0.1, 0.15) is 33.9 Å². The Morgan fingerprint density at radius 3 is 2.80 bits per heavy atom. The van der Waals surface area contributed by atoms with Gasteiger partial charge in [-0.2, -0.15) is 0 Å². The van der Waals surface area contributed by atoms with E-state index in [9.17, 15) is 9.18 Å². The van der Waals surface area contributed by atoms with Gasteiger partial charge in [0.15, 0.2) is 0 Å². The van der Waals surface area contributed by atoms with Gasteiger partial charge in [-0.15, -0.1) is 12.4 Å². The summed E-state index contributed by atoms with van der Waals surface area (Å²) in [6.07, 6.45) is 1.17. The summed E-state index contributed by atoms with van der Waals surface area (Å²) in [5.74, 6) is -1.41. The van der Waals surface area contributed by atoms with Gasteiger partial charge in [0.25, 0.3) is 0 Å². The lowest BCUT2D eigenvalue weighted by Crippen LogP contribution is -2.09. The second kappa shape index (κ2) is 4.16. The van der Waals surface area contributed by atoms with Crippen molar-refractivity contribution < 1.29 is 14.3 Å². The van der Waals surface area contributed by atoms with Crippen molar-refractivity contribution in [1.29, 1.82) is 0 Å². The first-order valence-corrected chi connectivity index (χ1v) is 4.41. The number of fused-ring (bicyclic) bond motifs is 1. The van der Waals surface area contributed by atoms with E-state index in [2.05, 4.69) is 0 Å². The molecule has 1 aromatic rings. The molecule has 82 valence electrons. The zero-order valence-corrected chi connectivity index (χ0v) is 8.68. The zero-order valence-electron chi connectivity index (χ0n) is 7.87. The number of hydrogen-bond donors (Lipinski definition) is 2. The van der Waals surface area contributed by atoms with Crippen molar-refractivity contribution in [2.24, 2.45) is 5.73 Å². The number of rotatable bonds is 1. The second-order valence-corrected chi connectivity index (χ2v) is 3.44. The summed E-state index contributed by atoms with van der Waals surface area (Å²) in [5, 5.41) is 8.86. The fourth-order valence-electron chi connectivity index (χ4n) is 1.95. The molecule has 2 rings (SSSR count). The first-order valence-electron chi connectivity index (χ1n) is 4.41. The second-order valence-electron chi connectivity index (χ2n) is 3.44. The van der Waals surface area contributed by atoms with Crippen molar-refractivity contribution in [2.75, 3.05) is 0 Å². The van der Waals surface area contributed by atoms with E-state index in [1.54, 1.807) is 0 Å². The average Bonchev–Trinajstić information content (AvgIpc) is 2.49. The monoisotopic (exact) mass is 231 g/mol. The van der Waals surface area contributed by atoms with Crippen LogP contribution in [0.2, 0.25) is 0 Å². The normalized spacial score (nSPS) is 18.1. The number of carbonyl (C=O) groups is 1. The molecule has 0 heterocycles. The molecule has 0 amide bonds. The number of hydrogen-bond acceptors (Lipinski definition) is 2. The molecule has 3 nitrogen and oxygen atoms in total. The number of carboxylic acid groups (broad SMARTS) is 1. The van der Waals surface area contributed by atoms with E-state index < -0.39 is 11.8 Å². The van der Waals surface area contributed by atoms with E-state index in [0.29, 0.717) is 24.0 Å². The molecule has 1 aliphatic carbocycles. The van der Waals surface area contributed by atoms with Crippen LogP contribution < -0.4 is 5.73 Å². The smallest absolute Gasteiger partial charge is 0.335 e. The van der Waals surface area contributed by atoms with Crippen LogP contribution in [-0.2, 0) is 6.42 Å². The Labute approximate surface area is 92.5 Å². The van der Waals surface area contributed by atoms with Crippen molar-refractivity contribution in [3.63, 3.8) is 0 Å². The molecule has 0 saturated heterocycles. The van der Waals surface area contributed by atoms with Crippen molar-refractivity contribution in [1.82, 2.24) is 0 Å². The van der Waals surface area contributed by atoms with Gasteiger partial charge in [0, 0.05) is 11.6 Å². The molecular weight excluding hydrogens is 221 g/mol. The highest BCUT2D eigenvalue weighted by atomic mass is 35.5. The summed E-state index contributed by atoms with van der Waals surface area (Å²) < 4.78 is 13.3. The minimum Gasteiger partial charge on any atom is -0.478 e. The maximum atomic E-state index is 13.3. The first kappa shape index (κ1) is 11.9. The quantitative estimate of drug-likeness (QED) is 0.776. The summed E-state index contributed by atoms with van der Waals surface area (Å²) in [7, 11) is 0. The van der Waals surface area contributed by atoms with E-state index in [1.807, 2.05) is 0 Å². The SMILES string of the molecule is Cl.N[C@H]1CCc2c(C(=O)O)ccc(F)c21. The lowest BCUT2D eigenvalue weighted by molar-refractivity contribution is 0.0695. The highest BCUT2D eigenvalue weighted by Crippen LogP contribution is 2.33. The van der Waals surface area contributed by atoms with Gasteiger partial charge in [-0.3, -0.25) is 0 Å². The van der Waals surface area contributed by atoms with Gasteiger partial charge < -0.3 is 10.8 Å². The Bertz CT molecular complexity index is 409. The molecule has 0 saturated carbocycles. The van der Waals surface area contributed by atoms with E-state index in [0.717, 1.165) is 0 Å². The molecule has 0 aliphatic heterocycles. The number of aromatic carboxylic acids is 1. The van der Waals surface area contributed by atoms with Crippen molar-refractivity contribution in [3.8, 4) is 0 Å². The minimum atomic E-state index is -1.02. The van der Waals surface area contributed by atoms with Crippen LogP contribution in [0.15, 0.2) is 12.1 Å². The van der Waals surface area contributed by atoms with E-state index >= 15 is 0 Å². The van der Waals surface area contributed by atoms with Crippen LogP contribution in [-0.4, -0.2) is 11.1 Å². The standard InChI is InChI=1S/C10H10FNO2.ClH/c11-7-3-1-6(10(13)14)5-2-4-8(12)9(5)7;/h1,3,8H,2,4,12H2,(H,13,14);1H/t8-;/m0./s1. The van der Waals surface area contributed by atoms with Crippen LogP contribution in [0, 0.1) is 5.82 Å². The van der Waals surface area contributed by atoms with E-state index in [4.69, 9.17) is 10.8 Å². The number of benzene rings is 1. The van der Waals surface area contributed by atoms with Crippen LogP contribution >= 0.6 is 12.4 Å². The topological polar surface area (TPSA) is 63.3 Å². The summed E-state index contributed by atoms with van der Waals surface area (Å²) in [6.45, 7) is 0. The maximum absolute atomic E-state index is 13.3. The molecule has 1 aromatic carbocycles. The summed E-state index contributed by atoms with van der Waals surface area (Å²) >= 11 is 0. The molecular formula is C10H11ClFNO2. The highest BCUT2D eigenvalue weighted by Gasteiger charge is 2.27. The minimum absolute atomic E-state index is 0. The van der Waals surface area contributed by atoms with Crippen LogP contribution in [0.4, 0.5) is 4.39 Å². The third-order valence-corrected chi connectivity index (χ3v) is 2.61. The predicted octanol–water partition coefficient (Wildman–Crippen LogP) is 1.89. The number of carboxylic acids is 1. The lowest BCUT2D eigenvalue weighted by atomic mass is 10.0. The van der Waals surface area contributed by atoms with E-state index in [1.165, 1.54) is 12.1 Å². The van der Waals surface area contributed by atoms with Crippen molar-refractivity contribution in [3.05, 3.63) is 34.6 Å². The Kier molecular flexibility index (Phi) is 3.31. The lowest BCUT2D eigenvalue weighted by Gasteiger charge is -2.07. The molecule has 1 aliphatic rings. The van der Waals surface area contributed by atoms with Crippen molar-refractivity contribution >= 4 is 18.4 Å². The Morgan fingerprint density at radius 1 is 1.53 bits per heavy atom. The molecule has 0 fully saturated rings. The van der Waals surface area contributed by atoms with Gasteiger partial charge >= 0.3 is 5.97 Å². The van der Waals surface area contributed by atoms with Gasteiger partial charge in [0.05, 0.1) is 5.56 Å². The Morgan fingerprint density at radius 2 is 2.20 bits per heavy atom. The fourth-order valence-corrected chi connectivity index (χ4v) is 1.95. The average molecular weight is 232 g/mol. The molecule has 0 unspecified atom stereocenters. The predicted molar refractivity (Wildman–Crippen MR) is 55.9 cm³/mol. The number of halogens is 2. The largest absolute Gasteiger partial charge is 0.478 e. The van der Waals surface area contributed by atoms with Gasteiger partial charge in [-0.05, 0) is 30.5 Å². The molecule has 0 bridgehead atoms. The van der Waals surface area contributed by atoms with Crippen LogP contribution in [0.25, 0.3) is 0 Å². The van der Waals surface area contributed by atoms with Crippen LogP contribution in [0.3, 0.4) is 0 Å². The summed E-state index contributed by atoms with van der Waals surface area (Å²) in [5.41, 5.74) is 6.80. The molecule has 15 heavy (non-hydrogen) atoms. The fraction of sp³-hybridized carbons (Fsp3) is 0.300. The van der Waals surface area contributed by atoms with Crippen LogP contribution in [0.5, 0.6) is 0 Å². The number of nitrogens with two attached hydrogens (primary N) is 1. The first-order chi connectivity index (χ1) is 6.61. The van der Waals surface area contributed by atoms with Gasteiger partial charge in [0.1, 0.15) is 5.82 Å². The molecule has 3 N–H and O–H groups in total. The molecule has 5 heteroatoms. The Balaban J connectivity index is 0.00000112. The maximum Gasteiger partial charge on any atom is 0.335 e. The third-order valence-electron chi connectivity index (χ3n) is 2.61. The van der Waals surface area contributed by atoms with Gasteiger partial charge in [-0.1, -0.05) is 0 Å². The highest BCUT2D eigenvalue weighted by molar-refractivity contribution is 5.90. The Hall–Kier alpha value is -1.13. The summed E-state index contributed by atoms with van der Waals surface area (Å²) in [4.78, 5) is 10.8.